The van der Waals surface area contributed by atoms with Gasteiger partial charge in [-0.1, -0.05) is 49.4 Å². The van der Waals surface area contributed by atoms with E-state index in [4.69, 9.17) is 0 Å². The van der Waals surface area contributed by atoms with Crippen molar-refractivity contribution >= 4 is 34.1 Å². The Morgan fingerprint density at radius 2 is 1.57 bits per heavy atom. The number of hydrogen-bond donors (Lipinski definition) is 2. The fourth-order valence-corrected chi connectivity index (χ4v) is 2.44. The molecule has 0 heterocycles. The molecule has 0 aromatic heterocycles. The van der Waals surface area contributed by atoms with Crippen LogP contribution in [-0.2, 0) is 14.4 Å². The summed E-state index contributed by atoms with van der Waals surface area (Å²) in [6.07, 6.45) is -0.254. The molecule has 2 aromatic rings. The van der Waals surface area contributed by atoms with Crippen molar-refractivity contribution in [3.05, 3.63) is 53.6 Å². The summed E-state index contributed by atoms with van der Waals surface area (Å²) in [7, 11) is 0. The first-order valence-corrected chi connectivity index (χ1v) is 7.15. The third kappa shape index (κ3) is 3.45. The molecule has 0 unspecified atom stereocenters. The van der Waals surface area contributed by atoms with E-state index in [1.54, 1.807) is 31.2 Å². The summed E-state index contributed by atoms with van der Waals surface area (Å²) in [6, 6.07) is 12.2. The van der Waals surface area contributed by atoms with Gasteiger partial charge < -0.3 is 10.2 Å². The first-order valence-electron chi connectivity index (χ1n) is 7.15. The molecule has 0 fully saturated rings. The molecule has 23 heavy (non-hydrogen) atoms. The molecule has 0 bridgehead atoms. The van der Waals surface area contributed by atoms with Crippen LogP contribution in [0.25, 0.3) is 16.3 Å². The number of fused-ring (bicyclic) bond motifs is 1. The van der Waals surface area contributed by atoms with Crippen LogP contribution >= 0.6 is 0 Å². The van der Waals surface area contributed by atoms with Gasteiger partial charge in [-0.05, 0) is 16.3 Å². The second kappa shape index (κ2) is 6.87. The zero-order valence-electron chi connectivity index (χ0n) is 12.6. The number of hydrogen-bond acceptors (Lipinski definition) is 3. The second-order valence-corrected chi connectivity index (χ2v) is 5.06. The number of benzene rings is 2. The molecule has 118 valence electrons. The average Bonchev–Trinajstić information content (AvgIpc) is 2.53. The Labute approximate surface area is 132 Å². The van der Waals surface area contributed by atoms with Gasteiger partial charge in [0.05, 0.1) is 11.1 Å². The summed E-state index contributed by atoms with van der Waals surface area (Å²) in [6.45, 7) is 1.61. The Bertz CT molecular complexity index is 812. The number of carbonyl (C=O) groups is 3. The molecule has 0 amide bonds. The molecule has 0 saturated carbocycles. The summed E-state index contributed by atoms with van der Waals surface area (Å²) < 4.78 is 0. The van der Waals surface area contributed by atoms with Crippen LogP contribution in [0.4, 0.5) is 0 Å². The summed E-state index contributed by atoms with van der Waals surface area (Å²) in [5, 5.41) is 20.4. The van der Waals surface area contributed by atoms with Gasteiger partial charge in [-0.25, -0.2) is 9.59 Å². The van der Waals surface area contributed by atoms with Gasteiger partial charge >= 0.3 is 11.9 Å². The first-order chi connectivity index (χ1) is 11.0. The molecule has 0 aliphatic heterocycles. The van der Waals surface area contributed by atoms with Crippen molar-refractivity contribution in [2.75, 3.05) is 0 Å². The summed E-state index contributed by atoms with van der Waals surface area (Å²) in [5.74, 6) is -3.07. The normalized spacial score (nSPS) is 11.9. The third-order valence-corrected chi connectivity index (χ3v) is 3.60. The topological polar surface area (TPSA) is 91.7 Å². The molecule has 0 spiro atoms. The van der Waals surface area contributed by atoms with Gasteiger partial charge in [0.2, 0.25) is 0 Å². The number of ketones is 1. The number of aliphatic carboxylic acids is 2. The Morgan fingerprint density at radius 3 is 2.17 bits per heavy atom. The number of Topliss-reactive ketones (excluding diaryl/α,β-unsaturated/α-hetero) is 1. The van der Waals surface area contributed by atoms with E-state index < -0.39 is 18.4 Å². The lowest BCUT2D eigenvalue weighted by atomic mass is 9.92. The van der Waals surface area contributed by atoms with Crippen molar-refractivity contribution in [2.24, 2.45) is 0 Å². The lowest BCUT2D eigenvalue weighted by Crippen LogP contribution is -2.14. The Kier molecular flexibility index (Phi) is 4.91. The minimum atomic E-state index is -1.39. The van der Waals surface area contributed by atoms with Crippen LogP contribution in [0.2, 0.25) is 0 Å². The molecule has 0 atom stereocenters. The number of carbonyl (C=O) groups excluding carboxylic acids is 1. The van der Waals surface area contributed by atoms with E-state index in [0.29, 0.717) is 10.9 Å². The number of rotatable bonds is 6. The van der Waals surface area contributed by atoms with Crippen molar-refractivity contribution in [3.8, 4) is 0 Å². The fourth-order valence-electron chi connectivity index (χ4n) is 2.44. The molecule has 5 heteroatoms. The molecule has 2 aromatic carbocycles. The third-order valence-electron chi connectivity index (χ3n) is 3.60. The Morgan fingerprint density at radius 1 is 0.913 bits per heavy atom. The van der Waals surface area contributed by atoms with Gasteiger partial charge in [0, 0.05) is 12.8 Å². The summed E-state index contributed by atoms with van der Waals surface area (Å²) in [4.78, 5) is 34.9. The van der Waals surface area contributed by atoms with Crippen LogP contribution in [-0.4, -0.2) is 27.9 Å². The molecule has 0 aliphatic carbocycles. The maximum Gasteiger partial charge on any atom is 0.336 e. The molecular weight excluding hydrogens is 296 g/mol. The fraction of sp³-hybridized carbons (Fsp3) is 0.167. The zero-order valence-corrected chi connectivity index (χ0v) is 12.6. The van der Waals surface area contributed by atoms with Crippen molar-refractivity contribution < 1.29 is 24.6 Å². The smallest absolute Gasteiger partial charge is 0.336 e. The first kappa shape index (κ1) is 16.4. The number of carboxylic acid groups (broad SMARTS) is 2. The highest BCUT2D eigenvalue weighted by atomic mass is 16.4. The quantitative estimate of drug-likeness (QED) is 0.800. The molecule has 0 aliphatic rings. The Hall–Kier alpha value is -2.95. The van der Waals surface area contributed by atoms with Gasteiger partial charge in [-0.3, -0.25) is 4.79 Å². The molecular formula is C18H16O5. The van der Waals surface area contributed by atoms with Gasteiger partial charge in [-0.2, -0.15) is 0 Å². The molecule has 0 saturated heterocycles. The predicted molar refractivity (Wildman–Crippen MR) is 86.1 cm³/mol. The van der Waals surface area contributed by atoms with Crippen LogP contribution in [0, 0.1) is 0 Å². The highest BCUT2D eigenvalue weighted by Gasteiger charge is 2.24. The van der Waals surface area contributed by atoms with Crippen LogP contribution in [0.1, 0.15) is 25.3 Å². The monoisotopic (exact) mass is 312 g/mol. The molecule has 2 rings (SSSR count). The van der Waals surface area contributed by atoms with Crippen LogP contribution in [0.5, 0.6) is 0 Å². The molecule has 5 nitrogen and oxygen atoms in total. The van der Waals surface area contributed by atoms with Crippen molar-refractivity contribution in [1.29, 1.82) is 0 Å². The van der Waals surface area contributed by atoms with E-state index in [9.17, 15) is 24.6 Å². The highest BCUT2D eigenvalue weighted by Crippen LogP contribution is 2.29. The van der Waals surface area contributed by atoms with Crippen LogP contribution in [0.15, 0.2) is 48.0 Å². The largest absolute Gasteiger partial charge is 0.478 e. The van der Waals surface area contributed by atoms with Gasteiger partial charge in [0.15, 0.2) is 0 Å². The summed E-state index contributed by atoms with van der Waals surface area (Å²) >= 11 is 0. The van der Waals surface area contributed by atoms with Crippen LogP contribution < -0.4 is 0 Å². The van der Waals surface area contributed by atoms with Crippen molar-refractivity contribution in [1.82, 2.24) is 0 Å². The SMILES string of the molecule is CCC(=O)CC(C(=O)O)=C(C(=O)O)c1cccc2ccccc12. The maximum absolute atomic E-state index is 11.7. The van der Waals surface area contributed by atoms with Crippen molar-refractivity contribution in [3.63, 3.8) is 0 Å². The minimum absolute atomic E-state index is 0.152. The molecule has 2 N–H and O–H groups in total. The van der Waals surface area contributed by atoms with E-state index in [0.717, 1.165) is 5.39 Å². The zero-order chi connectivity index (χ0) is 17.0. The van der Waals surface area contributed by atoms with Crippen molar-refractivity contribution in [2.45, 2.75) is 19.8 Å². The Balaban J connectivity index is 2.77. The average molecular weight is 312 g/mol. The number of carboxylic acids is 2. The molecule has 0 radical (unpaired) electrons. The lowest BCUT2D eigenvalue weighted by Gasteiger charge is -2.11. The minimum Gasteiger partial charge on any atom is -0.478 e. The lowest BCUT2D eigenvalue weighted by molar-refractivity contribution is -0.135. The van der Waals surface area contributed by atoms with E-state index in [1.807, 2.05) is 18.2 Å². The second-order valence-electron chi connectivity index (χ2n) is 5.06. The summed E-state index contributed by atoms with van der Waals surface area (Å²) in [5.41, 5.74) is -0.422. The van der Waals surface area contributed by atoms with E-state index in [-0.39, 0.29) is 23.4 Å². The predicted octanol–water partition coefficient (Wildman–Crippen LogP) is 3.13. The van der Waals surface area contributed by atoms with Crippen LogP contribution in [0.3, 0.4) is 0 Å². The van der Waals surface area contributed by atoms with Gasteiger partial charge in [-0.15, -0.1) is 0 Å². The van der Waals surface area contributed by atoms with E-state index >= 15 is 0 Å². The maximum atomic E-state index is 11.7. The van der Waals surface area contributed by atoms with Gasteiger partial charge in [0.25, 0.3) is 0 Å². The van der Waals surface area contributed by atoms with E-state index in [2.05, 4.69) is 0 Å². The standard InChI is InChI=1S/C18H16O5/c1-2-12(19)10-15(17(20)21)16(18(22)23)14-9-5-7-11-6-3-4-8-13(11)14/h3-9H,2,10H2,1H3,(H,20,21)(H,22,23). The highest BCUT2D eigenvalue weighted by molar-refractivity contribution is 6.25. The van der Waals surface area contributed by atoms with E-state index in [1.165, 1.54) is 0 Å². The van der Waals surface area contributed by atoms with Gasteiger partial charge in [0.1, 0.15) is 5.78 Å².